The van der Waals surface area contributed by atoms with Crippen molar-refractivity contribution in [3.05, 3.63) is 35.9 Å². The van der Waals surface area contributed by atoms with Crippen molar-refractivity contribution in [2.24, 2.45) is 11.3 Å². The van der Waals surface area contributed by atoms with E-state index < -0.39 is 0 Å². The van der Waals surface area contributed by atoms with Crippen molar-refractivity contribution in [3.63, 3.8) is 0 Å². The summed E-state index contributed by atoms with van der Waals surface area (Å²) in [6.07, 6.45) is 8.41. The Kier molecular flexibility index (Phi) is 5.90. The van der Waals surface area contributed by atoms with Crippen molar-refractivity contribution in [1.82, 2.24) is 10.2 Å². The maximum absolute atomic E-state index is 12.5. The molecule has 0 unspecified atom stereocenters. The second-order valence-corrected chi connectivity index (χ2v) is 9.60. The molecule has 2 saturated heterocycles. The van der Waals surface area contributed by atoms with Crippen LogP contribution in [0.4, 0.5) is 0 Å². The summed E-state index contributed by atoms with van der Waals surface area (Å²) in [5, 5.41) is 3.21. The van der Waals surface area contributed by atoms with Crippen molar-refractivity contribution in [2.75, 3.05) is 31.1 Å². The molecule has 1 aliphatic carbocycles. The van der Waals surface area contributed by atoms with Gasteiger partial charge in [-0.2, -0.15) is 11.8 Å². The lowest BCUT2D eigenvalue weighted by Gasteiger charge is -2.39. The highest BCUT2D eigenvalue weighted by Gasteiger charge is 2.58. The Morgan fingerprint density at radius 1 is 1.15 bits per heavy atom. The van der Waals surface area contributed by atoms with Gasteiger partial charge in [0.2, 0.25) is 5.91 Å². The summed E-state index contributed by atoms with van der Waals surface area (Å²) in [5.41, 5.74) is 1.71. The third-order valence-electron chi connectivity index (χ3n) is 6.79. The van der Waals surface area contributed by atoms with Crippen molar-refractivity contribution in [1.29, 1.82) is 0 Å². The summed E-state index contributed by atoms with van der Waals surface area (Å²) < 4.78 is 0. The molecular weight excluding hydrogens is 340 g/mol. The van der Waals surface area contributed by atoms with Crippen LogP contribution in [0.25, 0.3) is 0 Å². The number of carbonyl (C=O) groups excluding carboxylic acids is 1. The van der Waals surface area contributed by atoms with Crippen molar-refractivity contribution in [3.8, 4) is 0 Å². The highest BCUT2D eigenvalue weighted by atomic mass is 32.2. The number of aryl methyl sites for hydroxylation is 1. The van der Waals surface area contributed by atoms with Gasteiger partial charge in [0.05, 0.1) is 0 Å². The molecule has 0 aromatic heterocycles. The van der Waals surface area contributed by atoms with Crippen LogP contribution in [0.3, 0.4) is 0 Å². The van der Waals surface area contributed by atoms with Gasteiger partial charge in [-0.15, -0.1) is 0 Å². The average molecular weight is 373 g/mol. The van der Waals surface area contributed by atoms with Gasteiger partial charge in [-0.05, 0) is 80.5 Å². The van der Waals surface area contributed by atoms with Crippen LogP contribution in [0.1, 0.15) is 44.1 Å². The number of rotatable bonds is 6. The number of amides is 1. The summed E-state index contributed by atoms with van der Waals surface area (Å²) in [5.74, 6) is 3.28. The Labute approximate surface area is 162 Å². The van der Waals surface area contributed by atoms with Crippen molar-refractivity contribution >= 4 is 17.7 Å². The van der Waals surface area contributed by atoms with Crippen LogP contribution in [0.2, 0.25) is 0 Å². The minimum absolute atomic E-state index is 0.295. The SMILES string of the molecule is O=C(NCCCc1ccccc1)[C@H]1CC12CCN(C1CCSCC1)CC2. The second-order valence-electron chi connectivity index (χ2n) is 8.38. The van der Waals surface area contributed by atoms with E-state index in [1.54, 1.807) is 0 Å². The summed E-state index contributed by atoms with van der Waals surface area (Å²) >= 11 is 2.11. The van der Waals surface area contributed by atoms with Crippen LogP contribution in [-0.4, -0.2) is 48.0 Å². The van der Waals surface area contributed by atoms with Gasteiger partial charge in [0.25, 0.3) is 0 Å². The molecular formula is C22H32N2OS. The van der Waals surface area contributed by atoms with E-state index >= 15 is 0 Å². The van der Waals surface area contributed by atoms with Crippen molar-refractivity contribution in [2.45, 2.75) is 51.0 Å². The predicted molar refractivity (Wildman–Crippen MR) is 109 cm³/mol. The van der Waals surface area contributed by atoms with Crippen LogP contribution in [0, 0.1) is 11.3 Å². The van der Waals surface area contributed by atoms with Crippen molar-refractivity contribution < 1.29 is 4.79 Å². The van der Waals surface area contributed by atoms with Crippen LogP contribution in [0.15, 0.2) is 30.3 Å². The first-order valence-corrected chi connectivity index (χ1v) is 11.6. The molecule has 142 valence electrons. The van der Waals surface area contributed by atoms with E-state index in [4.69, 9.17) is 0 Å². The zero-order valence-electron chi connectivity index (χ0n) is 15.8. The smallest absolute Gasteiger partial charge is 0.223 e. The molecule has 1 aromatic rings. The fourth-order valence-electron chi connectivity index (χ4n) is 4.93. The zero-order valence-corrected chi connectivity index (χ0v) is 16.6. The number of carbonyl (C=O) groups is 1. The molecule has 2 aliphatic heterocycles. The summed E-state index contributed by atoms with van der Waals surface area (Å²) in [7, 11) is 0. The number of likely N-dealkylation sites (tertiary alicyclic amines) is 1. The predicted octanol–water partition coefficient (Wildman–Crippen LogP) is 3.73. The largest absolute Gasteiger partial charge is 0.356 e. The minimum Gasteiger partial charge on any atom is -0.356 e. The molecule has 4 heteroatoms. The van der Waals surface area contributed by atoms with Gasteiger partial charge in [-0.25, -0.2) is 0 Å². The first-order chi connectivity index (χ1) is 12.8. The summed E-state index contributed by atoms with van der Waals surface area (Å²) in [4.78, 5) is 15.3. The van der Waals surface area contributed by atoms with Gasteiger partial charge in [0.1, 0.15) is 0 Å². The van der Waals surface area contributed by atoms with E-state index in [2.05, 4.69) is 52.3 Å². The van der Waals surface area contributed by atoms with Crippen LogP contribution in [0.5, 0.6) is 0 Å². The molecule has 1 atom stereocenters. The monoisotopic (exact) mass is 372 g/mol. The molecule has 26 heavy (non-hydrogen) atoms. The molecule has 1 aromatic carbocycles. The normalized spacial score (nSPS) is 25.9. The Morgan fingerprint density at radius 3 is 2.62 bits per heavy atom. The molecule has 2 heterocycles. The Morgan fingerprint density at radius 2 is 1.88 bits per heavy atom. The topological polar surface area (TPSA) is 32.3 Å². The molecule has 1 N–H and O–H groups in total. The highest BCUT2D eigenvalue weighted by molar-refractivity contribution is 7.99. The number of benzene rings is 1. The third kappa shape index (κ3) is 4.28. The van der Waals surface area contributed by atoms with Crippen LogP contribution in [-0.2, 0) is 11.2 Å². The fourth-order valence-corrected chi connectivity index (χ4v) is 6.01. The Bertz CT molecular complexity index is 591. The van der Waals surface area contributed by atoms with E-state index in [9.17, 15) is 4.79 Å². The molecule has 3 fully saturated rings. The van der Waals surface area contributed by atoms with Gasteiger partial charge in [0, 0.05) is 18.5 Å². The van der Waals surface area contributed by atoms with Gasteiger partial charge in [0.15, 0.2) is 0 Å². The number of hydrogen-bond donors (Lipinski definition) is 1. The Balaban J connectivity index is 1.16. The number of piperidine rings is 1. The standard InChI is InChI=1S/C22H32N2OS/c25-21(23-12-4-7-18-5-2-1-3-6-18)20-17-22(20)10-13-24(14-11-22)19-8-15-26-16-9-19/h1-3,5-6,19-20H,4,7-17H2,(H,23,25)/t20-/m1/s1. The van der Waals surface area contributed by atoms with E-state index in [1.165, 1.54) is 55.8 Å². The summed E-state index contributed by atoms with van der Waals surface area (Å²) in [6, 6.07) is 11.4. The molecule has 4 rings (SSSR count). The van der Waals surface area contributed by atoms with E-state index in [0.29, 0.717) is 17.2 Å². The molecule has 1 spiro atoms. The molecule has 3 nitrogen and oxygen atoms in total. The minimum atomic E-state index is 0.295. The Hall–Kier alpha value is -1.00. The maximum Gasteiger partial charge on any atom is 0.223 e. The lowest BCUT2D eigenvalue weighted by molar-refractivity contribution is -0.123. The lowest BCUT2D eigenvalue weighted by atomic mass is 9.89. The van der Waals surface area contributed by atoms with Gasteiger partial charge >= 0.3 is 0 Å². The van der Waals surface area contributed by atoms with Gasteiger partial charge in [-0.3, -0.25) is 4.79 Å². The van der Waals surface area contributed by atoms with Crippen LogP contribution >= 0.6 is 11.8 Å². The third-order valence-corrected chi connectivity index (χ3v) is 7.84. The van der Waals surface area contributed by atoms with Gasteiger partial charge < -0.3 is 10.2 Å². The number of hydrogen-bond acceptors (Lipinski definition) is 3. The van der Waals surface area contributed by atoms with E-state index in [0.717, 1.165) is 31.8 Å². The number of nitrogens with zero attached hydrogens (tertiary/aromatic N) is 1. The second kappa shape index (κ2) is 8.35. The first-order valence-electron chi connectivity index (χ1n) is 10.4. The molecule has 0 radical (unpaired) electrons. The molecule has 1 amide bonds. The molecule has 0 bridgehead atoms. The van der Waals surface area contributed by atoms with E-state index in [-0.39, 0.29) is 0 Å². The molecule has 1 saturated carbocycles. The lowest BCUT2D eigenvalue weighted by Crippen LogP contribution is -2.44. The zero-order chi connectivity index (χ0) is 17.8. The fraction of sp³-hybridized carbons (Fsp3) is 0.682. The quantitative estimate of drug-likeness (QED) is 0.772. The summed E-state index contributed by atoms with van der Waals surface area (Å²) in [6.45, 7) is 3.24. The van der Waals surface area contributed by atoms with Gasteiger partial charge in [-0.1, -0.05) is 30.3 Å². The van der Waals surface area contributed by atoms with E-state index in [1.807, 2.05) is 0 Å². The number of thioether (sulfide) groups is 1. The average Bonchev–Trinajstić information content (AvgIpc) is 3.40. The maximum atomic E-state index is 12.5. The van der Waals surface area contributed by atoms with Crippen LogP contribution < -0.4 is 5.32 Å². The first kappa shape index (κ1) is 18.4. The highest BCUT2D eigenvalue weighted by Crippen LogP contribution is 2.59. The number of nitrogens with one attached hydrogen (secondary N) is 1. The molecule has 3 aliphatic rings.